The molecule has 0 aliphatic rings. The lowest BCUT2D eigenvalue weighted by Gasteiger charge is -2.21. The molecule has 1 atom stereocenters. The summed E-state index contributed by atoms with van der Waals surface area (Å²) >= 11 is 1.36. The Hall–Kier alpha value is -3.29. The minimum Gasteiger partial charge on any atom is -0.490 e. The number of fused-ring (bicyclic) bond motifs is 1. The quantitative estimate of drug-likeness (QED) is 0.318. The average molecular weight is 563 g/mol. The number of rotatable bonds is 10. The molecule has 0 aromatic carbocycles. The SMILES string of the molecule is CCN=C(/C=C(\N)c1cnc2cc(OCCO)c(S(=O)(=O)C(C)(C)C)cn12)C(=O)N[C@H](C)c1cc(C)sn1. The highest BCUT2D eigenvalue weighted by Gasteiger charge is 2.34. The number of sulfone groups is 1. The molecule has 1 amide bonds. The van der Waals surface area contributed by atoms with Crippen molar-refractivity contribution in [3.05, 3.63) is 46.9 Å². The van der Waals surface area contributed by atoms with Crippen LogP contribution in [0.1, 0.15) is 56.9 Å². The van der Waals surface area contributed by atoms with E-state index in [-0.39, 0.29) is 41.3 Å². The predicted octanol–water partition coefficient (Wildman–Crippen LogP) is 2.68. The molecule has 0 saturated heterocycles. The third-order valence-electron chi connectivity index (χ3n) is 5.61. The predicted molar refractivity (Wildman–Crippen MR) is 148 cm³/mol. The smallest absolute Gasteiger partial charge is 0.270 e. The maximum atomic E-state index is 13.4. The molecule has 3 heterocycles. The van der Waals surface area contributed by atoms with E-state index in [1.807, 2.05) is 19.9 Å². The Kier molecular flexibility index (Phi) is 8.95. The van der Waals surface area contributed by atoms with Gasteiger partial charge in [0, 0.05) is 23.7 Å². The zero-order valence-electron chi connectivity index (χ0n) is 22.3. The van der Waals surface area contributed by atoms with Gasteiger partial charge in [-0.1, -0.05) is 0 Å². The van der Waals surface area contributed by atoms with Crippen molar-refractivity contribution in [1.29, 1.82) is 0 Å². The molecule has 3 aromatic rings. The van der Waals surface area contributed by atoms with Crippen LogP contribution in [0.25, 0.3) is 11.3 Å². The van der Waals surface area contributed by atoms with Gasteiger partial charge in [-0.15, -0.1) is 0 Å². The van der Waals surface area contributed by atoms with Gasteiger partial charge in [0.05, 0.1) is 40.7 Å². The Morgan fingerprint density at radius 2 is 2.08 bits per heavy atom. The van der Waals surface area contributed by atoms with Crippen LogP contribution >= 0.6 is 11.5 Å². The number of aromatic nitrogens is 3. The summed E-state index contributed by atoms with van der Waals surface area (Å²) in [7, 11) is -3.84. The van der Waals surface area contributed by atoms with Crippen LogP contribution in [0, 0.1) is 6.92 Å². The lowest BCUT2D eigenvalue weighted by atomic mass is 10.2. The first-order valence-electron chi connectivity index (χ1n) is 12.1. The third-order valence-corrected chi connectivity index (χ3v) is 8.81. The first kappa shape index (κ1) is 29.3. The Balaban J connectivity index is 2.03. The molecule has 0 aliphatic carbocycles. The fraction of sp³-hybridized carbons (Fsp3) is 0.440. The van der Waals surface area contributed by atoms with Gasteiger partial charge in [0.25, 0.3) is 5.91 Å². The topological polar surface area (TPSA) is 161 Å². The van der Waals surface area contributed by atoms with E-state index in [2.05, 4.69) is 19.7 Å². The van der Waals surface area contributed by atoms with Crippen molar-refractivity contribution in [2.45, 2.75) is 57.2 Å². The van der Waals surface area contributed by atoms with Crippen LogP contribution in [0.4, 0.5) is 0 Å². The number of aliphatic hydroxyl groups is 1. The van der Waals surface area contributed by atoms with Gasteiger partial charge in [0.15, 0.2) is 9.84 Å². The monoisotopic (exact) mass is 562 g/mol. The number of hydrogen-bond donors (Lipinski definition) is 3. The number of nitrogens with one attached hydrogen (secondary N) is 1. The molecule has 0 saturated carbocycles. The van der Waals surface area contributed by atoms with Gasteiger partial charge in [-0.25, -0.2) is 13.4 Å². The van der Waals surface area contributed by atoms with Crippen molar-refractivity contribution in [2.24, 2.45) is 10.7 Å². The number of pyridine rings is 1. The van der Waals surface area contributed by atoms with Crippen molar-refractivity contribution in [1.82, 2.24) is 19.1 Å². The van der Waals surface area contributed by atoms with Crippen LogP contribution in [0.5, 0.6) is 5.75 Å². The van der Waals surface area contributed by atoms with Gasteiger partial charge < -0.3 is 20.9 Å². The summed E-state index contributed by atoms with van der Waals surface area (Å²) in [6.45, 7) is 10.3. The van der Waals surface area contributed by atoms with Crippen molar-refractivity contribution in [3.63, 3.8) is 0 Å². The summed E-state index contributed by atoms with van der Waals surface area (Å²) in [5.41, 5.74) is 8.18. The van der Waals surface area contributed by atoms with Crippen molar-refractivity contribution >= 4 is 44.3 Å². The van der Waals surface area contributed by atoms with E-state index in [9.17, 15) is 18.3 Å². The molecule has 0 fully saturated rings. The minimum absolute atomic E-state index is 0.0643. The molecular weight excluding hydrogens is 528 g/mol. The van der Waals surface area contributed by atoms with E-state index in [0.29, 0.717) is 17.9 Å². The summed E-state index contributed by atoms with van der Waals surface area (Å²) in [5, 5.41) is 12.1. The van der Waals surface area contributed by atoms with Crippen LogP contribution in [-0.4, -0.2) is 63.4 Å². The second-order valence-electron chi connectivity index (χ2n) is 9.58. The lowest BCUT2D eigenvalue weighted by Crippen LogP contribution is -2.33. The normalized spacial score (nSPS) is 14.1. The number of aryl methyl sites for hydroxylation is 1. The summed E-state index contributed by atoms with van der Waals surface area (Å²) < 4.78 is 37.0. The molecule has 206 valence electrons. The van der Waals surface area contributed by atoms with Crippen molar-refractivity contribution in [2.75, 3.05) is 19.8 Å². The maximum Gasteiger partial charge on any atom is 0.270 e. The number of imidazole rings is 1. The highest BCUT2D eigenvalue weighted by atomic mass is 32.2. The molecule has 0 unspecified atom stereocenters. The first-order valence-corrected chi connectivity index (χ1v) is 14.3. The van der Waals surface area contributed by atoms with Gasteiger partial charge in [-0.2, -0.15) is 4.37 Å². The fourth-order valence-corrected chi connectivity index (χ4v) is 5.43. The number of amides is 1. The second kappa shape index (κ2) is 11.6. The highest BCUT2D eigenvalue weighted by molar-refractivity contribution is 7.92. The Labute approximate surface area is 226 Å². The molecular formula is C25H34N6O5S2. The lowest BCUT2D eigenvalue weighted by molar-refractivity contribution is -0.115. The minimum atomic E-state index is -3.84. The largest absolute Gasteiger partial charge is 0.490 e. The molecule has 0 bridgehead atoms. The van der Waals surface area contributed by atoms with Gasteiger partial charge in [-0.3, -0.25) is 14.2 Å². The van der Waals surface area contributed by atoms with E-state index in [1.54, 1.807) is 27.7 Å². The number of aliphatic imine (C=N–C) groups is 1. The Bertz CT molecular complexity index is 1480. The van der Waals surface area contributed by atoms with E-state index < -0.39 is 20.5 Å². The third kappa shape index (κ3) is 6.22. The number of carbonyl (C=O) groups is 1. The van der Waals surface area contributed by atoms with Crippen molar-refractivity contribution in [3.8, 4) is 5.75 Å². The standard InChI is InChI=1S/C25H34N6O5S2/c1-7-27-19(24(33)29-16(3)18-10-15(2)37-30-18)11-17(26)20-13-28-23-12-21(36-9-8-32)22(14-31(20)23)38(34,35)25(4,5)6/h10-14,16,32H,7-9,26H2,1-6H3,(H,29,33)/b17-11-,27-19?/t16-/m1/s1. The van der Waals surface area contributed by atoms with Gasteiger partial charge in [0.1, 0.15) is 28.6 Å². The zero-order chi connectivity index (χ0) is 28.3. The fourth-order valence-electron chi connectivity index (χ4n) is 3.51. The number of hydrogen-bond acceptors (Lipinski definition) is 10. The van der Waals surface area contributed by atoms with Crippen LogP contribution in [0.15, 0.2) is 40.5 Å². The summed E-state index contributed by atoms with van der Waals surface area (Å²) in [6.07, 6.45) is 4.32. The van der Waals surface area contributed by atoms with E-state index >= 15 is 0 Å². The number of carbonyl (C=O) groups excluding carboxylic acids is 1. The Morgan fingerprint density at radius 3 is 2.66 bits per heavy atom. The maximum absolute atomic E-state index is 13.4. The summed E-state index contributed by atoms with van der Waals surface area (Å²) in [4.78, 5) is 22.6. The molecule has 3 aromatic heterocycles. The highest BCUT2D eigenvalue weighted by Crippen LogP contribution is 2.33. The molecule has 0 spiro atoms. The number of ether oxygens (including phenoxy) is 1. The van der Waals surface area contributed by atoms with Crippen LogP contribution in [-0.2, 0) is 14.6 Å². The van der Waals surface area contributed by atoms with Crippen LogP contribution in [0.2, 0.25) is 0 Å². The summed E-state index contributed by atoms with van der Waals surface area (Å²) in [6, 6.07) is 3.06. The van der Waals surface area contributed by atoms with E-state index in [4.69, 9.17) is 10.5 Å². The van der Waals surface area contributed by atoms with Gasteiger partial charge in [0.2, 0.25) is 0 Å². The molecule has 3 rings (SSSR count). The summed E-state index contributed by atoms with van der Waals surface area (Å²) in [5.74, 6) is -0.336. The van der Waals surface area contributed by atoms with E-state index in [0.717, 1.165) is 10.6 Å². The first-order chi connectivity index (χ1) is 17.8. The zero-order valence-corrected chi connectivity index (χ0v) is 24.0. The van der Waals surface area contributed by atoms with Crippen molar-refractivity contribution < 1.29 is 23.1 Å². The van der Waals surface area contributed by atoms with Crippen LogP contribution in [0.3, 0.4) is 0 Å². The van der Waals surface area contributed by atoms with Gasteiger partial charge in [-0.05, 0) is 65.2 Å². The second-order valence-corrected chi connectivity index (χ2v) is 13.3. The van der Waals surface area contributed by atoms with Gasteiger partial charge >= 0.3 is 0 Å². The number of nitrogens with two attached hydrogens (primary N) is 1. The van der Waals surface area contributed by atoms with Crippen LogP contribution < -0.4 is 15.8 Å². The number of nitrogens with zero attached hydrogens (tertiary/aromatic N) is 4. The molecule has 0 aliphatic heterocycles. The number of aliphatic hydroxyl groups excluding tert-OH is 1. The molecule has 11 nitrogen and oxygen atoms in total. The molecule has 0 radical (unpaired) electrons. The Morgan fingerprint density at radius 1 is 1.37 bits per heavy atom. The molecule has 4 N–H and O–H groups in total. The van der Waals surface area contributed by atoms with E-state index in [1.165, 1.54) is 40.5 Å². The molecule has 38 heavy (non-hydrogen) atoms. The molecule has 13 heteroatoms. The average Bonchev–Trinajstić information content (AvgIpc) is 3.46.